The molecule has 4 N–H and O–H groups in total. The fraction of sp³-hybridized carbons (Fsp3) is 0.385. The number of nitrogens with one attached hydrogen (secondary N) is 2. The summed E-state index contributed by atoms with van der Waals surface area (Å²) in [5.41, 5.74) is 6.16. The monoisotopic (exact) mass is 262 g/mol. The highest BCUT2D eigenvalue weighted by atomic mass is 16.2. The maximum Gasteiger partial charge on any atom is 0.321 e. The summed E-state index contributed by atoms with van der Waals surface area (Å²) in [6, 6.07) is 7.02. The molecule has 0 saturated carbocycles. The van der Waals surface area contributed by atoms with E-state index in [2.05, 4.69) is 10.6 Å². The molecule has 1 heterocycles. The van der Waals surface area contributed by atoms with Crippen LogP contribution in [0.5, 0.6) is 0 Å². The number of carbonyl (C=O) groups excluding carboxylic acids is 2. The van der Waals surface area contributed by atoms with Crippen molar-refractivity contribution in [3.8, 4) is 0 Å². The Kier molecular flexibility index (Phi) is 3.44. The number of carbonyl (C=O) groups is 2. The fourth-order valence-corrected chi connectivity index (χ4v) is 1.76. The topological polar surface area (TPSA) is 87.5 Å². The van der Waals surface area contributed by atoms with E-state index in [-0.39, 0.29) is 11.9 Å². The van der Waals surface area contributed by atoms with Crippen LogP contribution in [-0.4, -0.2) is 30.6 Å². The molecule has 3 amide bonds. The van der Waals surface area contributed by atoms with Crippen molar-refractivity contribution >= 4 is 23.3 Å². The van der Waals surface area contributed by atoms with Crippen LogP contribution in [0.3, 0.4) is 0 Å². The third-order valence-corrected chi connectivity index (χ3v) is 2.86. The highest BCUT2D eigenvalue weighted by Crippen LogP contribution is 2.21. The van der Waals surface area contributed by atoms with Crippen LogP contribution in [-0.2, 0) is 4.79 Å². The summed E-state index contributed by atoms with van der Waals surface area (Å²) in [7, 11) is 0. The molecule has 0 radical (unpaired) electrons. The van der Waals surface area contributed by atoms with Gasteiger partial charge >= 0.3 is 6.03 Å². The molecule has 1 aliphatic heterocycles. The molecule has 0 spiro atoms. The first-order chi connectivity index (χ1) is 8.88. The van der Waals surface area contributed by atoms with Gasteiger partial charge in [0.15, 0.2) is 0 Å². The smallest absolute Gasteiger partial charge is 0.321 e. The van der Waals surface area contributed by atoms with Crippen LogP contribution >= 0.6 is 0 Å². The first-order valence-corrected chi connectivity index (χ1v) is 6.14. The van der Waals surface area contributed by atoms with Gasteiger partial charge in [-0.05, 0) is 32.0 Å². The summed E-state index contributed by atoms with van der Waals surface area (Å²) in [4.78, 5) is 25.0. The van der Waals surface area contributed by atoms with E-state index in [1.807, 2.05) is 6.07 Å². The second-order valence-corrected chi connectivity index (χ2v) is 5.11. The molecule has 1 saturated heterocycles. The van der Waals surface area contributed by atoms with Crippen molar-refractivity contribution in [2.75, 3.05) is 23.3 Å². The molecule has 19 heavy (non-hydrogen) atoms. The van der Waals surface area contributed by atoms with Gasteiger partial charge in [-0.15, -0.1) is 0 Å². The van der Waals surface area contributed by atoms with Crippen LogP contribution in [0.25, 0.3) is 0 Å². The van der Waals surface area contributed by atoms with E-state index < -0.39 is 5.54 Å². The van der Waals surface area contributed by atoms with Gasteiger partial charge in [0.1, 0.15) is 0 Å². The Morgan fingerprint density at radius 3 is 2.79 bits per heavy atom. The van der Waals surface area contributed by atoms with Crippen LogP contribution in [0.15, 0.2) is 24.3 Å². The number of urea groups is 1. The Hall–Kier alpha value is -2.08. The highest BCUT2D eigenvalue weighted by Gasteiger charge is 2.23. The summed E-state index contributed by atoms with van der Waals surface area (Å²) >= 11 is 0. The first kappa shape index (κ1) is 13.4. The van der Waals surface area contributed by atoms with E-state index in [9.17, 15) is 9.59 Å². The molecule has 6 heteroatoms. The lowest BCUT2D eigenvalue weighted by Crippen LogP contribution is -2.45. The van der Waals surface area contributed by atoms with Crippen molar-refractivity contribution in [2.24, 2.45) is 5.73 Å². The predicted octanol–water partition coefficient (Wildman–Crippen LogP) is 0.892. The van der Waals surface area contributed by atoms with Crippen molar-refractivity contribution in [3.63, 3.8) is 0 Å². The molecule has 1 aromatic rings. The number of nitrogens with two attached hydrogens (primary N) is 1. The summed E-state index contributed by atoms with van der Waals surface area (Å²) < 4.78 is 0. The molecule has 0 aromatic heterocycles. The van der Waals surface area contributed by atoms with Gasteiger partial charge in [0.25, 0.3) is 0 Å². The van der Waals surface area contributed by atoms with Gasteiger partial charge in [-0.25, -0.2) is 4.79 Å². The second-order valence-electron chi connectivity index (χ2n) is 5.11. The maximum atomic E-state index is 11.8. The fourth-order valence-electron chi connectivity index (χ4n) is 1.76. The zero-order valence-corrected chi connectivity index (χ0v) is 11.1. The van der Waals surface area contributed by atoms with Crippen molar-refractivity contribution in [3.05, 3.63) is 24.3 Å². The lowest BCUT2D eigenvalue weighted by atomic mass is 10.1. The molecule has 102 valence electrons. The molecule has 0 aliphatic carbocycles. The van der Waals surface area contributed by atoms with Gasteiger partial charge in [-0.3, -0.25) is 9.69 Å². The van der Waals surface area contributed by atoms with E-state index in [0.29, 0.717) is 18.8 Å². The van der Waals surface area contributed by atoms with Crippen LogP contribution in [0.4, 0.5) is 16.2 Å². The van der Waals surface area contributed by atoms with Crippen LogP contribution in [0, 0.1) is 0 Å². The molecule has 1 aliphatic rings. The second kappa shape index (κ2) is 4.89. The van der Waals surface area contributed by atoms with E-state index in [1.165, 1.54) is 0 Å². The maximum absolute atomic E-state index is 11.8. The Labute approximate surface area is 112 Å². The highest BCUT2D eigenvalue weighted by molar-refractivity contribution is 5.99. The van der Waals surface area contributed by atoms with Crippen molar-refractivity contribution in [2.45, 2.75) is 19.4 Å². The lowest BCUT2D eigenvalue weighted by Gasteiger charge is -2.19. The van der Waals surface area contributed by atoms with Crippen LogP contribution in [0.2, 0.25) is 0 Å². The normalized spacial score (nSPS) is 15.3. The Morgan fingerprint density at radius 2 is 2.21 bits per heavy atom. The van der Waals surface area contributed by atoms with Gasteiger partial charge in [-0.1, -0.05) is 6.07 Å². The average Bonchev–Trinajstić information content (AvgIpc) is 2.74. The summed E-state index contributed by atoms with van der Waals surface area (Å²) in [6.45, 7) is 4.53. The van der Waals surface area contributed by atoms with Gasteiger partial charge in [0, 0.05) is 24.5 Å². The Morgan fingerprint density at radius 1 is 1.47 bits per heavy atom. The molecule has 2 rings (SSSR count). The molecular weight excluding hydrogens is 244 g/mol. The minimum atomic E-state index is -0.943. The molecule has 6 nitrogen and oxygen atoms in total. The first-order valence-electron chi connectivity index (χ1n) is 6.14. The van der Waals surface area contributed by atoms with Crippen LogP contribution in [0.1, 0.15) is 13.8 Å². The molecule has 0 unspecified atom stereocenters. The number of rotatable bonds is 3. The number of benzene rings is 1. The Bertz CT molecular complexity index is 508. The molecule has 0 bridgehead atoms. The van der Waals surface area contributed by atoms with Gasteiger partial charge in [-0.2, -0.15) is 0 Å². The standard InChI is InChI=1S/C13H18N4O2/c1-13(2,14)11(18)16-9-4-3-5-10(8-9)17-7-6-15-12(17)19/h3-5,8H,6-7,14H2,1-2H3,(H,15,19)(H,16,18). The SMILES string of the molecule is CC(C)(N)C(=O)Nc1cccc(N2CCNC2=O)c1. The third-order valence-electron chi connectivity index (χ3n) is 2.86. The van der Waals surface area contributed by atoms with E-state index >= 15 is 0 Å². The van der Waals surface area contributed by atoms with Crippen molar-refractivity contribution < 1.29 is 9.59 Å². The third kappa shape index (κ3) is 3.03. The number of hydrogen-bond acceptors (Lipinski definition) is 3. The Balaban J connectivity index is 2.16. The zero-order chi connectivity index (χ0) is 14.0. The van der Waals surface area contributed by atoms with Crippen molar-refractivity contribution in [1.29, 1.82) is 0 Å². The summed E-state index contributed by atoms with van der Waals surface area (Å²) in [5.74, 6) is -0.268. The molecule has 1 fully saturated rings. The van der Waals surface area contributed by atoms with Gasteiger partial charge < -0.3 is 16.4 Å². The lowest BCUT2D eigenvalue weighted by molar-refractivity contribution is -0.120. The van der Waals surface area contributed by atoms with Crippen molar-refractivity contribution in [1.82, 2.24) is 5.32 Å². The molecule has 1 aromatic carbocycles. The summed E-state index contributed by atoms with van der Waals surface area (Å²) in [6.07, 6.45) is 0. The van der Waals surface area contributed by atoms with E-state index in [0.717, 1.165) is 5.69 Å². The largest absolute Gasteiger partial charge is 0.336 e. The zero-order valence-electron chi connectivity index (χ0n) is 11.1. The summed E-state index contributed by atoms with van der Waals surface area (Å²) in [5, 5.41) is 5.47. The van der Waals surface area contributed by atoms with Gasteiger partial charge in [0.05, 0.1) is 5.54 Å². The number of hydrogen-bond donors (Lipinski definition) is 3. The van der Waals surface area contributed by atoms with Crippen LogP contribution < -0.4 is 21.3 Å². The number of nitrogens with zero attached hydrogens (tertiary/aromatic N) is 1. The molecular formula is C13H18N4O2. The number of anilines is 2. The predicted molar refractivity (Wildman–Crippen MR) is 74.1 cm³/mol. The minimum Gasteiger partial charge on any atom is -0.336 e. The minimum absolute atomic E-state index is 0.123. The quantitative estimate of drug-likeness (QED) is 0.756. The number of amides is 3. The molecule has 0 atom stereocenters. The van der Waals surface area contributed by atoms with E-state index in [4.69, 9.17) is 5.73 Å². The average molecular weight is 262 g/mol. The van der Waals surface area contributed by atoms with Gasteiger partial charge in [0.2, 0.25) is 5.91 Å². The van der Waals surface area contributed by atoms with E-state index in [1.54, 1.807) is 36.9 Å².